The average molecular weight is 542 g/mol. The minimum absolute atomic E-state index is 0.0432. The number of ether oxygens (including phenoxy) is 2. The van der Waals surface area contributed by atoms with E-state index >= 15 is 0 Å². The molecule has 1 aliphatic rings. The number of nitrogens with zero attached hydrogens (tertiary/aromatic N) is 5. The fourth-order valence-corrected chi connectivity index (χ4v) is 4.81. The van der Waals surface area contributed by atoms with Crippen molar-refractivity contribution in [2.75, 3.05) is 32.7 Å². The van der Waals surface area contributed by atoms with Crippen LogP contribution in [0.2, 0.25) is 0 Å². The number of aromatic nitrogens is 2. The Bertz CT molecular complexity index is 1520. The van der Waals surface area contributed by atoms with Crippen LogP contribution in [0.5, 0.6) is 11.5 Å². The maximum atomic E-state index is 11.6. The van der Waals surface area contributed by atoms with Gasteiger partial charge in [-0.25, -0.2) is 4.98 Å². The number of rotatable bonds is 10. The number of amidine groups is 1. The third kappa shape index (κ3) is 5.89. The van der Waals surface area contributed by atoms with Gasteiger partial charge in [0.15, 0.2) is 17.3 Å². The summed E-state index contributed by atoms with van der Waals surface area (Å²) in [5, 5.41) is 15.7. The van der Waals surface area contributed by atoms with E-state index in [0.717, 1.165) is 38.2 Å². The largest absolute Gasteiger partial charge is 0.493 e. The molecule has 1 aromatic heterocycles. The van der Waals surface area contributed by atoms with Crippen LogP contribution in [-0.2, 0) is 19.4 Å². The second kappa shape index (κ2) is 11.9. The van der Waals surface area contributed by atoms with Gasteiger partial charge in [0, 0.05) is 43.8 Å². The number of benzene rings is 3. The van der Waals surface area contributed by atoms with E-state index in [1.165, 1.54) is 43.0 Å². The summed E-state index contributed by atoms with van der Waals surface area (Å²) in [5.74, 6) is 0.516. The normalized spacial score (nSPS) is 13.5. The lowest BCUT2D eigenvalue weighted by molar-refractivity contribution is -0.385. The SMILES string of the molecule is COc1cc(/C(N)=N/Nc2ccc(CCN3CCc4ccc(-n5ccnc5)cc4C3)cc2)c([N+](=O)[O-])cc1OC. The van der Waals surface area contributed by atoms with E-state index in [2.05, 4.69) is 38.6 Å². The Morgan fingerprint density at radius 2 is 1.88 bits per heavy atom. The lowest BCUT2D eigenvalue weighted by atomic mass is 9.98. The first-order valence-corrected chi connectivity index (χ1v) is 12.9. The Labute approximate surface area is 232 Å². The third-order valence-corrected chi connectivity index (χ3v) is 7.03. The van der Waals surface area contributed by atoms with Gasteiger partial charge in [0.1, 0.15) is 5.56 Å². The van der Waals surface area contributed by atoms with Gasteiger partial charge in [0.25, 0.3) is 5.69 Å². The minimum Gasteiger partial charge on any atom is -0.493 e. The Hall–Kier alpha value is -4.90. The van der Waals surface area contributed by atoms with Gasteiger partial charge in [-0.05, 0) is 53.8 Å². The van der Waals surface area contributed by atoms with Gasteiger partial charge in [-0.2, -0.15) is 5.10 Å². The molecule has 11 heteroatoms. The highest BCUT2D eigenvalue weighted by Gasteiger charge is 2.22. The molecule has 0 aliphatic carbocycles. The van der Waals surface area contributed by atoms with Crippen LogP contribution in [0.1, 0.15) is 22.3 Å². The molecule has 206 valence electrons. The first kappa shape index (κ1) is 26.7. The summed E-state index contributed by atoms with van der Waals surface area (Å²) in [4.78, 5) is 17.7. The van der Waals surface area contributed by atoms with Crippen molar-refractivity contribution < 1.29 is 14.4 Å². The fraction of sp³-hybridized carbons (Fsp3) is 0.241. The average Bonchev–Trinajstić information content (AvgIpc) is 3.53. The molecule has 0 unspecified atom stereocenters. The summed E-state index contributed by atoms with van der Waals surface area (Å²) in [5.41, 5.74) is 14.7. The first-order chi connectivity index (χ1) is 19.4. The molecular formula is C29H31N7O4. The molecule has 2 heterocycles. The summed E-state index contributed by atoms with van der Waals surface area (Å²) in [6.07, 6.45) is 7.53. The fourth-order valence-electron chi connectivity index (χ4n) is 4.81. The van der Waals surface area contributed by atoms with Gasteiger partial charge < -0.3 is 19.8 Å². The van der Waals surface area contributed by atoms with Crippen LogP contribution < -0.4 is 20.6 Å². The Morgan fingerprint density at radius 1 is 1.10 bits per heavy atom. The second-order valence-electron chi connectivity index (χ2n) is 9.49. The van der Waals surface area contributed by atoms with Crippen molar-refractivity contribution in [2.45, 2.75) is 19.4 Å². The van der Waals surface area contributed by atoms with Crippen LogP contribution in [0.15, 0.2) is 78.4 Å². The molecule has 11 nitrogen and oxygen atoms in total. The van der Waals surface area contributed by atoms with Crippen LogP contribution in [0.25, 0.3) is 5.69 Å². The zero-order valence-electron chi connectivity index (χ0n) is 22.4. The van der Waals surface area contributed by atoms with E-state index in [9.17, 15) is 10.1 Å². The summed E-state index contributed by atoms with van der Waals surface area (Å²) in [6, 6.07) is 17.3. The Morgan fingerprint density at radius 3 is 2.58 bits per heavy atom. The standard InChI is InChI=1S/C29H31N7O4/c1-39-27-16-25(26(36(37)38)17-28(27)40-2)29(30)33-32-23-6-3-20(4-7-23)9-12-34-13-10-21-5-8-24(15-22(21)18-34)35-14-11-31-19-35/h3-8,11,14-17,19,32H,9-10,12-13,18H2,1-2H3,(H2,30,33). The maximum absolute atomic E-state index is 11.6. The number of anilines is 1. The number of nitrogens with one attached hydrogen (secondary N) is 1. The smallest absolute Gasteiger partial charge is 0.284 e. The molecule has 0 spiro atoms. The van der Waals surface area contributed by atoms with Crippen molar-refractivity contribution in [3.05, 3.63) is 106 Å². The number of imidazole rings is 1. The summed E-state index contributed by atoms with van der Waals surface area (Å²) in [7, 11) is 2.86. The molecule has 1 aliphatic heterocycles. The van der Waals surface area contributed by atoms with Gasteiger partial charge in [-0.15, -0.1) is 0 Å². The predicted molar refractivity (Wildman–Crippen MR) is 153 cm³/mol. The molecule has 0 fully saturated rings. The van der Waals surface area contributed by atoms with Gasteiger partial charge >= 0.3 is 0 Å². The van der Waals surface area contributed by atoms with E-state index in [1.54, 1.807) is 6.20 Å². The quantitative estimate of drug-likeness (QED) is 0.133. The highest BCUT2D eigenvalue weighted by molar-refractivity contribution is 6.02. The summed E-state index contributed by atoms with van der Waals surface area (Å²) < 4.78 is 12.4. The van der Waals surface area contributed by atoms with E-state index in [1.807, 2.05) is 41.4 Å². The molecule has 0 atom stereocenters. The van der Waals surface area contributed by atoms with E-state index in [0.29, 0.717) is 11.4 Å². The molecule has 3 aromatic carbocycles. The zero-order valence-corrected chi connectivity index (χ0v) is 22.4. The highest BCUT2D eigenvalue weighted by atomic mass is 16.6. The molecule has 0 radical (unpaired) electrons. The van der Waals surface area contributed by atoms with Crippen LogP contribution in [0, 0.1) is 10.1 Å². The van der Waals surface area contributed by atoms with E-state index in [-0.39, 0.29) is 22.8 Å². The Kier molecular flexibility index (Phi) is 7.92. The molecule has 0 amide bonds. The number of nitrogens with two attached hydrogens (primary N) is 1. The van der Waals surface area contributed by atoms with Crippen molar-refractivity contribution in [1.29, 1.82) is 0 Å². The highest BCUT2D eigenvalue weighted by Crippen LogP contribution is 2.34. The topological polar surface area (TPSA) is 133 Å². The molecule has 40 heavy (non-hydrogen) atoms. The van der Waals surface area contributed by atoms with Crippen molar-refractivity contribution in [3.8, 4) is 17.2 Å². The molecule has 3 N–H and O–H groups in total. The first-order valence-electron chi connectivity index (χ1n) is 12.9. The van der Waals surface area contributed by atoms with Gasteiger partial charge in [0.2, 0.25) is 0 Å². The molecule has 0 saturated carbocycles. The molecular weight excluding hydrogens is 510 g/mol. The van der Waals surface area contributed by atoms with Crippen molar-refractivity contribution >= 4 is 17.2 Å². The number of hydrogen-bond acceptors (Lipinski definition) is 8. The molecule has 5 rings (SSSR count). The molecule has 0 saturated heterocycles. The summed E-state index contributed by atoms with van der Waals surface area (Å²) >= 11 is 0. The molecule has 4 aromatic rings. The van der Waals surface area contributed by atoms with Gasteiger partial charge in [-0.1, -0.05) is 18.2 Å². The number of methoxy groups -OCH3 is 2. The lowest BCUT2D eigenvalue weighted by Crippen LogP contribution is -2.32. The van der Waals surface area contributed by atoms with Gasteiger partial charge in [0.05, 0.1) is 37.2 Å². The number of nitro benzene ring substituents is 1. The van der Waals surface area contributed by atoms with Crippen LogP contribution in [0.3, 0.4) is 0 Å². The third-order valence-electron chi connectivity index (χ3n) is 7.03. The number of hydrazone groups is 1. The predicted octanol–water partition coefficient (Wildman–Crippen LogP) is 4.13. The number of nitro groups is 1. The van der Waals surface area contributed by atoms with Gasteiger partial charge in [-0.3, -0.25) is 20.4 Å². The van der Waals surface area contributed by atoms with Crippen LogP contribution >= 0.6 is 0 Å². The van der Waals surface area contributed by atoms with Crippen molar-refractivity contribution in [2.24, 2.45) is 10.8 Å². The zero-order chi connectivity index (χ0) is 28.1. The maximum Gasteiger partial charge on any atom is 0.284 e. The minimum atomic E-state index is -0.534. The van der Waals surface area contributed by atoms with Crippen molar-refractivity contribution in [3.63, 3.8) is 0 Å². The second-order valence-corrected chi connectivity index (χ2v) is 9.49. The number of fused-ring (bicyclic) bond motifs is 1. The Balaban J connectivity index is 1.20. The summed E-state index contributed by atoms with van der Waals surface area (Å²) in [6.45, 7) is 2.91. The van der Waals surface area contributed by atoms with E-state index in [4.69, 9.17) is 15.2 Å². The van der Waals surface area contributed by atoms with Crippen molar-refractivity contribution in [1.82, 2.24) is 14.5 Å². The van der Waals surface area contributed by atoms with Crippen LogP contribution in [0.4, 0.5) is 11.4 Å². The lowest BCUT2D eigenvalue weighted by Gasteiger charge is -2.29. The van der Waals surface area contributed by atoms with Crippen LogP contribution in [-0.4, -0.2) is 52.5 Å². The number of hydrogen-bond donors (Lipinski definition) is 2. The van der Waals surface area contributed by atoms with E-state index < -0.39 is 4.92 Å². The monoisotopic (exact) mass is 541 g/mol. The molecule has 0 bridgehead atoms.